The quantitative estimate of drug-likeness (QED) is 0.578. The number of benzene rings is 2. The molecule has 2 aromatic carbocycles. The molecule has 0 radical (unpaired) electrons. The molecule has 0 atom stereocenters. The molecule has 0 saturated carbocycles. The lowest BCUT2D eigenvalue weighted by molar-refractivity contribution is 0.672. The fourth-order valence-corrected chi connectivity index (χ4v) is 3.55. The molecule has 2 aromatic rings. The molecule has 2 nitrogen and oxygen atoms in total. The summed E-state index contributed by atoms with van der Waals surface area (Å²) in [7, 11) is 1.87. The normalized spacial score (nSPS) is 13.0. The maximum atomic E-state index is 4.72. The van der Waals surface area contributed by atoms with Crippen molar-refractivity contribution in [3.63, 3.8) is 0 Å². The summed E-state index contributed by atoms with van der Waals surface area (Å²) < 4.78 is 1.11. The Labute approximate surface area is 166 Å². The molecular formula is C23H29BrN2. The van der Waals surface area contributed by atoms with Gasteiger partial charge < -0.3 is 5.32 Å². The van der Waals surface area contributed by atoms with Gasteiger partial charge in [-0.2, -0.15) is 0 Å². The van der Waals surface area contributed by atoms with Crippen LogP contribution in [0.2, 0.25) is 0 Å². The van der Waals surface area contributed by atoms with Crippen molar-refractivity contribution in [2.75, 3.05) is 7.05 Å². The second-order valence-electron chi connectivity index (χ2n) is 7.15. The van der Waals surface area contributed by atoms with Crippen LogP contribution in [-0.2, 0) is 0 Å². The molecule has 0 bridgehead atoms. The van der Waals surface area contributed by atoms with Crippen molar-refractivity contribution in [1.82, 2.24) is 5.32 Å². The Bertz CT molecular complexity index is 843. The topological polar surface area (TPSA) is 24.4 Å². The third kappa shape index (κ3) is 4.64. The van der Waals surface area contributed by atoms with E-state index < -0.39 is 0 Å². The van der Waals surface area contributed by atoms with Gasteiger partial charge >= 0.3 is 0 Å². The molecule has 26 heavy (non-hydrogen) atoms. The highest BCUT2D eigenvalue weighted by molar-refractivity contribution is 9.10. The van der Waals surface area contributed by atoms with Crippen molar-refractivity contribution >= 4 is 27.2 Å². The minimum absolute atomic E-state index is 0.361. The standard InChI is InChI=1S/C23H29BrN2/c1-14(2)26-18(6)22(19-10-8-15(3)9-11-19)23(25-7)20-13-21(24)17(5)12-16(20)4/h8-14,26H,1-7H3/b22-18+,25-23?. The summed E-state index contributed by atoms with van der Waals surface area (Å²) in [6.45, 7) is 12.8. The second kappa shape index (κ2) is 8.68. The maximum absolute atomic E-state index is 4.72. The lowest BCUT2D eigenvalue weighted by Gasteiger charge is -2.20. The van der Waals surface area contributed by atoms with Crippen molar-refractivity contribution in [3.8, 4) is 0 Å². The predicted octanol–water partition coefficient (Wildman–Crippen LogP) is 6.22. The molecule has 3 heteroatoms. The Morgan fingerprint density at radius 3 is 2.15 bits per heavy atom. The van der Waals surface area contributed by atoms with Crippen molar-refractivity contribution < 1.29 is 0 Å². The first-order chi connectivity index (χ1) is 12.2. The van der Waals surface area contributed by atoms with Crippen LogP contribution in [0.25, 0.3) is 5.57 Å². The first-order valence-corrected chi connectivity index (χ1v) is 9.82. The van der Waals surface area contributed by atoms with E-state index in [0.29, 0.717) is 6.04 Å². The van der Waals surface area contributed by atoms with Crippen LogP contribution in [0.3, 0.4) is 0 Å². The number of hydrogen-bond acceptors (Lipinski definition) is 2. The summed E-state index contributed by atoms with van der Waals surface area (Å²) in [5.74, 6) is 0. The summed E-state index contributed by atoms with van der Waals surface area (Å²) >= 11 is 3.68. The number of aryl methyl sites for hydroxylation is 3. The van der Waals surface area contributed by atoms with E-state index in [1.807, 2.05) is 7.05 Å². The van der Waals surface area contributed by atoms with Crippen molar-refractivity contribution in [2.24, 2.45) is 4.99 Å². The van der Waals surface area contributed by atoms with Crippen LogP contribution in [0.15, 0.2) is 51.6 Å². The summed E-state index contributed by atoms with van der Waals surface area (Å²) in [6.07, 6.45) is 0. The van der Waals surface area contributed by atoms with Crippen molar-refractivity contribution in [1.29, 1.82) is 0 Å². The molecule has 0 unspecified atom stereocenters. The largest absolute Gasteiger partial charge is 0.386 e. The summed E-state index contributed by atoms with van der Waals surface area (Å²) in [6, 6.07) is 13.4. The van der Waals surface area contributed by atoms with E-state index in [4.69, 9.17) is 4.99 Å². The van der Waals surface area contributed by atoms with Crippen molar-refractivity contribution in [2.45, 2.75) is 47.6 Å². The van der Waals surface area contributed by atoms with Gasteiger partial charge in [-0.05, 0) is 64.3 Å². The lowest BCUT2D eigenvalue weighted by Crippen LogP contribution is -2.23. The first-order valence-electron chi connectivity index (χ1n) is 9.03. The molecule has 0 heterocycles. The van der Waals surface area contributed by atoms with E-state index in [1.54, 1.807) is 0 Å². The van der Waals surface area contributed by atoms with Gasteiger partial charge in [0.1, 0.15) is 0 Å². The molecule has 0 aliphatic heterocycles. The van der Waals surface area contributed by atoms with Crippen molar-refractivity contribution in [3.05, 3.63) is 74.4 Å². The molecule has 2 rings (SSSR count). The van der Waals surface area contributed by atoms with Crippen LogP contribution in [-0.4, -0.2) is 18.8 Å². The highest BCUT2D eigenvalue weighted by Gasteiger charge is 2.18. The molecule has 0 aliphatic carbocycles. The Hall–Kier alpha value is -1.87. The van der Waals surface area contributed by atoms with Gasteiger partial charge in [-0.3, -0.25) is 4.99 Å². The highest BCUT2D eigenvalue weighted by atomic mass is 79.9. The fourth-order valence-electron chi connectivity index (χ4n) is 3.20. The lowest BCUT2D eigenvalue weighted by atomic mass is 9.90. The molecule has 0 saturated heterocycles. The molecule has 1 N–H and O–H groups in total. The number of halogens is 1. The van der Waals surface area contributed by atoms with Crippen LogP contribution < -0.4 is 5.32 Å². The SMILES string of the molecule is CN=C(/C(=C(\C)NC(C)C)c1ccc(C)cc1)c1cc(Br)c(C)cc1C. The summed E-state index contributed by atoms with van der Waals surface area (Å²) in [4.78, 5) is 4.72. The van der Waals surface area contributed by atoms with Gasteiger partial charge in [-0.25, -0.2) is 0 Å². The maximum Gasteiger partial charge on any atom is 0.0741 e. The van der Waals surface area contributed by atoms with Gasteiger partial charge in [0, 0.05) is 34.4 Å². The Kier molecular flexibility index (Phi) is 6.82. The number of rotatable bonds is 5. The van der Waals surface area contributed by atoms with Crippen LogP contribution in [0, 0.1) is 20.8 Å². The smallest absolute Gasteiger partial charge is 0.0741 e. The monoisotopic (exact) mass is 412 g/mol. The van der Waals surface area contributed by atoms with Gasteiger partial charge in [0.15, 0.2) is 0 Å². The van der Waals surface area contributed by atoms with E-state index in [9.17, 15) is 0 Å². The molecule has 0 aromatic heterocycles. The average Bonchev–Trinajstić information content (AvgIpc) is 2.56. The Balaban J connectivity index is 2.71. The second-order valence-corrected chi connectivity index (χ2v) is 8.01. The van der Waals surface area contributed by atoms with Gasteiger partial charge in [0.25, 0.3) is 0 Å². The number of allylic oxidation sites excluding steroid dienone is 2. The number of nitrogens with one attached hydrogen (secondary N) is 1. The zero-order valence-electron chi connectivity index (χ0n) is 16.9. The number of hydrogen-bond donors (Lipinski definition) is 1. The third-order valence-electron chi connectivity index (χ3n) is 4.44. The summed E-state index contributed by atoms with van der Waals surface area (Å²) in [5.41, 5.74) is 9.36. The van der Waals surface area contributed by atoms with Gasteiger partial charge in [0.2, 0.25) is 0 Å². The number of aliphatic imine (C=N–C) groups is 1. The highest BCUT2D eigenvalue weighted by Crippen LogP contribution is 2.29. The van der Waals surface area contributed by atoms with E-state index in [1.165, 1.54) is 22.3 Å². The average molecular weight is 413 g/mol. The Morgan fingerprint density at radius 1 is 1.00 bits per heavy atom. The number of nitrogens with zero attached hydrogens (tertiary/aromatic N) is 1. The Morgan fingerprint density at radius 2 is 1.62 bits per heavy atom. The van der Waals surface area contributed by atoms with Gasteiger partial charge in [-0.15, -0.1) is 0 Å². The van der Waals surface area contributed by atoms with Crippen LogP contribution >= 0.6 is 15.9 Å². The van der Waals surface area contributed by atoms with E-state index in [-0.39, 0.29) is 0 Å². The molecule has 0 spiro atoms. The third-order valence-corrected chi connectivity index (χ3v) is 5.30. The molecule has 0 aliphatic rings. The minimum Gasteiger partial charge on any atom is -0.386 e. The van der Waals surface area contributed by atoms with E-state index >= 15 is 0 Å². The molecular weight excluding hydrogens is 384 g/mol. The zero-order chi connectivity index (χ0) is 19.4. The zero-order valence-corrected chi connectivity index (χ0v) is 18.5. The van der Waals surface area contributed by atoms with Gasteiger partial charge in [-0.1, -0.05) is 51.8 Å². The van der Waals surface area contributed by atoms with Crippen LogP contribution in [0.4, 0.5) is 0 Å². The minimum atomic E-state index is 0.361. The molecule has 138 valence electrons. The van der Waals surface area contributed by atoms with Gasteiger partial charge in [0.05, 0.1) is 5.71 Å². The summed E-state index contributed by atoms with van der Waals surface area (Å²) in [5, 5.41) is 3.57. The van der Waals surface area contributed by atoms with Crippen LogP contribution in [0.1, 0.15) is 48.6 Å². The molecule has 0 amide bonds. The van der Waals surface area contributed by atoms with Crippen LogP contribution in [0.5, 0.6) is 0 Å². The first kappa shape index (κ1) is 20.4. The fraction of sp³-hybridized carbons (Fsp3) is 0.348. The van der Waals surface area contributed by atoms with E-state index in [2.05, 4.69) is 99.2 Å². The molecule has 0 fully saturated rings. The van der Waals surface area contributed by atoms with E-state index in [0.717, 1.165) is 27.0 Å². The predicted molar refractivity (Wildman–Crippen MR) is 118 cm³/mol.